The van der Waals surface area contributed by atoms with Crippen LogP contribution in [-0.4, -0.2) is 13.1 Å². The average Bonchev–Trinajstić information content (AvgIpc) is 2.29. The zero-order chi connectivity index (χ0) is 12.9. The number of rotatable bonds is 5. The van der Waals surface area contributed by atoms with Crippen LogP contribution < -0.4 is 11.1 Å². The summed E-state index contributed by atoms with van der Waals surface area (Å²) in [6.45, 7) is 4.26. The van der Waals surface area contributed by atoms with Gasteiger partial charge in [0.1, 0.15) is 0 Å². The van der Waals surface area contributed by atoms with E-state index in [2.05, 4.69) is 11.9 Å². The molecule has 1 atom stereocenters. The number of hydrogen-bond acceptors (Lipinski definition) is 2. The molecule has 0 amide bonds. The Morgan fingerprint density at radius 3 is 2.65 bits per heavy atom. The molecular weight excluding hydrogens is 229 g/mol. The summed E-state index contributed by atoms with van der Waals surface area (Å²) in [7, 11) is 0. The quantitative estimate of drug-likeness (QED) is 0.781. The highest BCUT2D eigenvalue weighted by Gasteiger charge is 2.30. The molecule has 94 valence electrons. The Bertz CT molecular complexity index is 374. The predicted molar refractivity (Wildman–Crippen MR) is 61.4 cm³/mol. The van der Waals surface area contributed by atoms with Crippen LogP contribution in [-0.2, 0) is 6.18 Å². The van der Waals surface area contributed by atoms with Crippen molar-refractivity contribution in [3.63, 3.8) is 0 Å². The molecular formula is C12H15F3N2. The van der Waals surface area contributed by atoms with Crippen molar-refractivity contribution in [1.82, 2.24) is 5.32 Å². The molecule has 0 heterocycles. The van der Waals surface area contributed by atoms with E-state index in [-0.39, 0.29) is 12.6 Å². The van der Waals surface area contributed by atoms with Crippen molar-refractivity contribution < 1.29 is 13.2 Å². The monoisotopic (exact) mass is 244 g/mol. The predicted octanol–water partition coefficient (Wildman–Crippen LogP) is 2.48. The summed E-state index contributed by atoms with van der Waals surface area (Å²) in [6.07, 6.45) is -2.69. The van der Waals surface area contributed by atoms with Gasteiger partial charge >= 0.3 is 6.18 Å². The molecule has 1 rings (SSSR count). The van der Waals surface area contributed by atoms with Gasteiger partial charge in [0, 0.05) is 19.1 Å². The van der Waals surface area contributed by atoms with Crippen LogP contribution in [0.15, 0.2) is 36.9 Å². The molecule has 0 aromatic heterocycles. The van der Waals surface area contributed by atoms with Gasteiger partial charge in [-0.15, -0.1) is 6.58 Å². The second-order valence-electron chi connectivity index (χ2n) is 3.61. The zero-order valence-corrected chi connectivity index (χ0v) is 9.30. The highest BCUT2D eigenvalue weighted by atomic mass is 19.4. The third kappa shape index (κ3) is 3.87. The van der Waals surface area contributed by atoms with E-state index in [9.17, 15) is 13.2 Å². The maximum absolute atomic E-state index is 12.5. The van der Waals surface area contributed by atoms with Crippen molar-refractivity contribution in [3.05, 3.63) is 48.0 Å². The van der Waals surface area contributed by atoms with Gasteiger partial charge in [0.15, 0.2) is 0 Å². The fourth-order valence-corrected chi connectivity index (χ4v) is 1.49. The van der Waals surface area contributed by atoms with E-state index in [1.54, 1.807) is 12.1 Å². The number of nitrogens with one attached hydrogen (secondary N) is 1. The van der Waals surface area contributed by atoms with Crippen LogP contribution in [0.25, 0.3) is 0 Å². The maximum Gasteiger partial charge on any atom is 0.416 e. The van der Waals surface area contributed by atoms with Crippen LogP contribution in [0.5, 0.6) is 0 Å². The Morgan fingerprint density at radius 1 is 1.41 bits per heavy atom. The summed E-state index contributed by atoms with van der Waals surface area (Å²) in [6, 6.07) is 4.88. The number of alkyl halides is 3. The maximum atomic E-state index is 12.5. The first-order chi connectivity index (χ1) is 7.99. The summed E-state index contributed by atoms with van der Waals surface area (Å²) < 4.78 is 37.6. The molecule has 3 N–H and O–H groups in total. The normalized spacial score (nSPS) is 13.4. The van der Waals surface area contributed by atoms with Gasteiger partial charge < -0.3 is 11.1 Å². The first-order valence-electron chi connectivity index (χ1n) is 5.20. The smallest absolute Gasteiger partial charge is 0.329 e. The summed E-state index contributed by atoms with van der Waals surface area (Å²) in [4.78, 5) is 0. The molecule has 0 bridgehead atoms. The average molecular weight is 244 g/mol. The third-order valence-electron chi connectivity index (χ3n) is 2.36. The fourth-order valence-electron chi connectivity index (χ4n) is 1.49. The van der Waals surface area contributed by atoms with Gasteiger partial charge in [0.25, 0.3) is 0 Å². The van der Waals surface area contributed by atoms with Crippen molar-refractivity contribution in [1.29, 1.82) is 0 Å². The Hall–Kier alpha value is -1.33. The topological polar surface area (TPSA) is 38.0 Å². The van der Waals surface area contributed by atoms with Crippen LogP contribution in [0.2, 0.25) is 0 Å². The number of hydrogen-bond donors (Lipinski definition) is 2. The molecule has 0 fully saturated rings. The van der Waals surface area contributed by atoms with E-state index >= 15 is 0 Å². The molecule has 2 nitrogen and oxygen atoms in total. The molecule has 0 aliphatic carbocycles. The van der Waals surface area contributed by atoms with Crippen molar-refractivity contribution in [2.45, 2.75) is 12.2 Å². The van der Waals surface area contributed by atoms with E-state index in [4.69, 9.17) is 5.73 Å². The Labute approximate surface area is 98.3 Å². The van der Waals surface area contributed by atoms with Crippen molar-refractivity contribution in [3.8, 4) is 0 Å². The fraction of sp³-hybridized carbons (Fsp3) is 0.333. The highest BCUT2D eigenvalue weighted by molar-refractivity contribution is 5.28. The minimum Gasteiger partial charge on any atom is -0.329 e. The van der Waals surface area contributed by atoms with Crippen LogP contribution in [0, 0.1) is 0 Å². The molecule has 5 heteroatoms. The number of benzene rings is 1. The Kier molecular flexibility index (Phi) is 4.72. The van der Waals surface area contributed by atoms with Gasteiger partial charge in [-0.05, 0) is 17.7 Å². The van der Waals surface area contributed by atoms with E-state index in [1.165, 1.54) is 6.07 Å². The lowest BCUT2D eigenvalue weighted by atomic mass is 10.0. The molecule has 0 radical (unpaired) electrons. The van der Waals surface area contributed by atoms with Gasteiger partial charge in [0.2, 0.25) is 0 Å². The second kappa shape index (κ2) is 5.84. The van der Waals surface area contributed by atoms with Crippen LogP contribution in [0.1, 0.15) is 17.2 Å². The minimum absolute atomic E-state index is 0.231. The largest absolute Gasteiger partial charge is 0.416 e. The van der Waals surface area contributed by atoms with Crippen molar-refractivity contribution in [2.24, 2.45) is 5.73 Å². The molecule has 1 aromatic rings. The number of nitrogens with two attached hydrogens (primary N) is 1. The van der Waals surface area contributed by atoms with Crippen LogP contribution in [0.4, 0.5) is 13.2 Å². The van der Waals surface area contributed by atoms with Crippen molar-refractivity contribution >= 4 is 0 Å². The lowest BCUT2D eigenvalue weighted by molar-refractivity contribution is -0.137. The van der Waals surface area contributed by atoms with Gasteiger partial charge in [0.05, 0.1) is 5.56 Å². The van der Waals surface area contributed by atoms with Crippen LogP contribution >= 0.6 is 0 Å². The highest BCUT2D eigenvalue weighted by Crippen LogP contribution is 2.30. The first kappa shape index (κ1) is 13.7. The molecule has 0 saturated carbocycles. The Morgan fingerprint density at radius 2 is 2.12 bits per heavy atom. The first-order valence-corrected chi connectivity index (χ1v) is 5.20. The third-order valence-corrected chi connectivity index (χ3v) is 2.36. The lowest BCUT2D eigenvalue weighted by Crippen LogP contribution is -2.28. The molecule has 1 aromatic carbocycles. The summed E-state index contributed by atoms with van der Waals surface area (Å²) in [5.74, 6) is 0. The minimum atomic E-state index is -4.33. The second-order valence-corrected chi connectivity index (χ2v) is 3.61. The standard InChI is InChI=1S/C12H15F3N2/c1-2-6-17-11(8-16)9-4-3-5-10(7-9)12(13,14)15/h2-5,7,11,17H,1,6,8,16H2. The van der Waals surface area contributed by atoms with Crippen LogP contribution in [0.3, 0.4) is 0 Å². The zero-order valence-electron chi connectivity index (χ0n) is 9.30. The SMILES string of the molecule is C=CCNC(CN)c1cccc(C(F)(F)F)c1. The summed E-state index contributed by atoms with van der Waals surface area (Å²) in [5.41, 5.74) is 5.40. The molecule has 1 unspecified atom stereocenters. The lowest BCUT2D eigenvalue weighted by Gasteiger charge is -2.17. The van der Waals surface area contributed by atoms with Crippen molar-refractivity contribution in [2.75, 3.05) is 13.1 Å². The van der Waals surface area contributed by atoms with Gasteiger partial charge in [-0.1, -0.05) is 18.2 Å². The van der Waals surface area contributed by atoms with E-state index in [0.29, 0.717) is 12.1 Å². The molecule has 0 spiro atoms. The Balaban J connectivity index is 2.92. The molecule has 17 heavy (non-hydrogen) atoms. The van der Waals surface area contributed by atoms with Gasteiger partial charge in [-0.3, -0.25) is 0 Å². The van der Waals surface area contributed by atoms with Gasteiger partial charge in [-0.25, -0.2) is 0 Å². The molecule has 0 saturated heterocycles. The summed E-state index contributed by atoms with van der Waals surface area (Å²) >= 11 is 0. The van der Waals surface area contributed by atoms with Gasteiger partial charge in [-0.2, -0.15) is 13.2 Å². The van der Waals surface area contributed by atoms with E-state index in [0.717, 1.165) is 12.1 Å². The number of halogens is 3. The molecule has 0 aliphatic heterocycles. The van der Waals surface area contributed by atoms with E-state index in [1.807, 2.05) is 0 Å². The summed E-state index contributed by atoms with van der Waals surface area (Å²) in [5, 5.41) is 3.00. The molecule has 0 aliphatic rings. The van der Waals surface area contributed by atoms with E-state index < -0.39 is 11.7 Å².